The van der Waals surface area contributed by atoms with Crippen LogP contribution in [0.1, 0.15) is 96.3 Å². The van der Waals surface area contributed by atoms with E-state index in [0.29, 0.717) is 5.69 Å². The van der Waals surface area contributed by atoms with Crippen molar-refractivity contribution >= 4 is 16.3 Å². The van der Waals surface area contributed by atoms with Crippen LogP contribution in [0, 0.1) is 11.6 Å². The van der Waals surface area contributed by atoms with Crippen molar-refractivity contribution in [3.8, 4) is 17.0 Å². The van der Waals surface area contributed by atoms with E-state index in [0.717, 1.165) is 30.6 Å². The number of aromatic nitrogens is 2. The zero-order valence-electron chi connectivity index (χ0n) is 20.3. The fraction of sp³-hybridized carbons (Fsp3) is 0.593. The fourth-order valence-corrected chi connectivity index (χ4v) is 5.13. The topological polar surface area (TPSA) is 26.5 Å². The zero-order valence-corrected chi connectivity index (χ0v) is 21.2. The molecule has 3 nitrogen and oxygen atoms in total. The van der Waals surface area contributed by atoms with Crippen LogP contribution in [0.5, 0.6) is 5.75 Å². The van der Waals surface area contributed by atoms with Crippen LogP contribution >= 0.6 is 11.3 Å². The van der Waals surface area contributed by atoms with Gasteiger partial charge in [-0.3, -0.25) is 4.40 Å². The van der Waals surface area contributed by atoms with E-state index in [1.54, 1.807) is 23.6 Å². The number of ether oxygens (including phenoxy) is 1. The number of hydrogen-bond donors (Lipinski definition) is 0. The molecule has 0 radical (unpaired) electrons. The Morgan fingerprint density at radius 1 is 0.909 bits per heavy atom. The second-order valence-electron chi connectivity index (χ2n) is 9.05. The van der Waals surface area contributed by atoms with Crippen LogP contribution in [-0.2, 0) is 6.42 Å². The predicted molar refractivity (Wildman–Crippen MR) is 134 cm³/mol. The van der Waals surface area contributed by atoms with Gasteiger partial charge in [-0.2, -0.15) is 4.39 Å². The normalized spacial score (nSPS) is 12.5. The van der Waals surface area contributed by atoms with E-state index in [1.165, 1.54) is 62.3 Å². The van der Waals surface area contributed by atoms with E-state index in [1.807, 2.05) is 11.3 Å². The number of aryl methyl sites for hydroxylation is 1. The average molecular weight is 477 g/mol. The molecule has 0 unspecified atom stereocenters. The lowest BCUT2D eigenvalue weighted by Gasteiger charge is -2.16. The lowest BCUT2D eigenvalue weighted by molar-refractivity contribution is 0.195. The molecule has 182 valence electrons. The predicted octanol–water partition coefficient (Wildman–Crippen LogP) is 8.98. The first-order valence-electron chi connectivity index (χ1n) is 12.7. The first kappa shape index (κ1) is 25.7. The minimum atomic E-state index is -0.937. The molecule has 0 saturated heterocycles. The number of thiazole rings is 1. The summed E-state index contributed by atoms with van der Waals surface area (Å²) in [6.07, 6.45) is 17.7. The largest absolute Gasteiger partial charge is 0.488 e. The number of fused-ring (bicyclic) bond motifs is 1. The average Bonchev–Trinajstić information content (AvgIpc) is 3.36. The summed E-state index contributed by atoms with van der Waals surface area (Å²) >= 11 is 1.62. The number of halogens is 2. The molecule has 0 spiro atoms. The highest BCUT2D eigenvalue weighted by Crippen LogP contribution is 2.32. The van der Waals surface area contributed by atoms with Crippen LogP contribution in [0.3, 0.4) is 0 Å². The molecule has 0 aliphatic heterocycles. The maximum Gasteiger partial charge on any atom is 0.201 e. The van der Waals surface area contributed by atoms with Gasteiger partial charge in [-0.25, -0.2) is 9.37 Å². The number of nitrogens with zero attached hydrogens (tertiary/aromatic N) is 2. The molecule has 3 rings (SSSR count). The number of unbranched alkanes of at least 4 members (excludes halogenated alkanes) is 8. The van der Waals surface area contributed by atoms with Gasteiger partial charge in [-0.1, -0.05) is 65.2 Å². The summed E-state index contributed by atoms with van der Waals surface area (Å²) in [4.78, 5) is 6.65. The van der Waals surface area contributed by atoms with Crippen LogP contribution in [0.25, 0.3) is 16.2 Å². The van der Waals surface area contributed by atoms with Crippen LogP contribution in [0.4, 0.5) is 8.78 Å². The van der Waals surface area contributed by atoms with Crippen molar-refractivity contribution in [1.82, 2.24) is 9.38 Å². The molecule has 0 bridgehead atoms. The van der Waals surface area contributed by atoms with Gasteiger partial charge in [-0.15, -0.1) is 11.3 Å². The lowest BCUT2D eigenvalue weighted by Crippen LogP contribution is -2.13. The van der Waals surface area contributed by atoms with Gasteiger partial charge >= 0.3 is 0 Å². The monoisotopic (exact) mass is 476 g/mol. The van der Waals surface area contributed by atoms with Crippen LogP contribution < -0.4 is 4.74 Å². The summed E-state index contributed by atoms with van der Waals surface area (Å²) in [6, 6.07) is 3.09. The SMILES string of the molecule is CCCCCCCCc1cn2cc(-c3ccc(O[C@@H](C)CCCCCC)c(F)c3F)nc2s1. The summed E-state index contributed by atoms with van der Waals surface area (Å²) in [5.41, 5.74) is 0.617. The van der Waals surface area contributed by atoms with Crippen LogP contribution in [-0.4, -0.2) is 15.5 Å². The minimum Gasteiger partial charge on any atom is -0.488 e. The second-order valence-corrected chi connectivity index (χ2v) is 10.1. The molecule has 2 aromatic heterocycles. The molecule has 0 fully saturated rings. The van der Waals surface area contributed by atoms with E-state index in [4.69, 9.17) is 4.74 Å². The Morgan fingerprint density at radius 2 is 1.61 bits per heavy atom. The summed E-state index contributed by atoms with van der Waals surface area (Å²) in [7, 11) is 0. The van der Waals surface area contributed by atoms with Crippen LogP contribution in [0.15, 0.2) is 24.5 Å². The van der Waals surface area contributed by atoms with Crippen molar-refractivity contribution in [2.24, 2.45) is 0 Å². The van der Waals surface area contributed by atoms with Gasteiger partial charge in [-0.05, 0) is 44.7 Å². The van der Waals surface area contributed by atoms with Crippen molar-refractivity contribution in [3.05, 3.63) is 41.0 Å². The van der Waals surface area contributed by atoms with Crippen molar-refractivity contribution < 1.29 is 13.5 Å². The van der Waals surface area contributed by atoms with Gasteiger partial charge in [0.25, 0.3) is 0 Å². The highest BCUT2D eigenvalue weighted by atomic mass is 32.1. The van der Waals surface area contributed by atoms with E-state index >= 15 is 0 Å². The quantitative estimate of drug-likeness (QED) is 0.205. The third-order valence-electron chi connectivity index (χ3n) is 6.10. The lowest BCUT2D eigenvalue weighted by atomic mass is 10.1. The maximum atomic E-state index is 14.9. The van der Waals surface area contributed by atoms with Gasteiger partial charge < -0.3 is 4.74 Å². The highest BCUT2D eigenvalue weighted by Gasteiger charge is 2.19. The van der Waals surface area contributed by atoms with Crippen molar-refractivity contribution in [1.29, 1.82) is 0 Å². The van der Waals surface area contributed by atoms with Crippen LogP contribution in [0.2, 0.25) is 0 Å². The zero-order chi connectivity index (χ0) is 23.6. The number of imidazole rings is 1. The first-order chi connectivity index (χ1) is 16.0. The molecule has 0 saturated carbocycles. The molecular formula is C27H38F2N2OS. The summed E-state index contributed by atoms with van der Waals surface area (Å²) in [5.74, 6) is -1.86. The third kappa shape index (κ3) is 7.26. The molecule has 0 amide bonds. The molecule has 0 aliphatic carbocycles. The van der Waals surface area contributed by atoms with E-state index < -0.39 is 11.6 Å². The Hall–Kier alpha value is -1.95. The summed E-state index contributed by atoms with van der Waals surface area (Å²) < 4.78 is 37.2. The van der Waals surface area contributed by atoms with Gasteiger partial charge in [0.2, 0.25) is 5.82 Å². The Kier molecular flexibility index (Phi) is 10.2. The van der Waals surface area contributed by atoms with Crippen molar-refractivity contribution in [2.75, 3.05) is 0 Å². The summed E-state index contributed by atoms with van der Waals surface area (Å²) in [5, 5.41) is 0. The third-order valence-corrected chi connectivity index (χ3v) is 7.15. The fourth-order valence-electron chi connectivity index (χ4n) is 4.12. The molecule has 1 atom stereocenters. The molecular weight excluding hydrogens is 438 g/mol. The molecule has 1 aromatic carbocycles. The van der Waals surface area contributed by atoms with E-state index in [2.05, 4.69) is 25.0 Å². The smallest absolute Gasteiger partial charge is 0.201 e. The van der Waals surface area contributed by atoms with Crippen molar-refractivity contribution in [2.45, 2.75) is 104 Å². The molecule has 6 heteroatoms. The second kappa shape index (κ2) is 13.1. The maximum absolute atomic E-state index is 14.9. The highest BCUT2D eigenvalue weighted by molar-refractivity contribution is 7.17. The van der Waals surface area contributed by atoms with Gasteiger partial charge in [0.1, 0.15) is 0 Å². The van der Waals surface area contributed by atoms with E-state index in [-0.39, 0.29) is 17.4 Å². The number of hydrogen-bond acceptors (Lipinski definition) is 3. The van der Waals surface area contributed by atoms with E-state index in [9.17, 15) is 8.78 Å². The number of benzene rings is 1. The Bertz CT molecular complexity index is 966. The minimum absolute atomic E-state index is 0.0264. The molecule has 0 N–H and O–H groups in total. The first-order valence-corrected chi connectivity index (χ1v) is 13.5. The standard InChI is InChI=1S/C27H38F2N2OS/c1-4-6-8-10-11-13-15-21-18-31-19-23(30-27(31)33-21)22-16-17-24(26(29)25(22)28)32-20(3)14-12-9-7-5-2/h16-20H,4-15H2,1-3H3/t20-/m0/s1. The Morgan fingerprint density at radius 3 is 2.33 bits per heavy atom. The molecule has 2 heterocycles. The Labute approximate surface area is 201 Å². The summed E-state index contributed by atoms with van der Waals surface area (Å²) in [6.45, 7) is 6.30. The van der Waals surface area contributed by atoms with Gasteiger partial charge in [0.05, 0.1) is 11.8 Å². The van der Waals surface area contributed by atoms with Gasteiger partial charge in [0, 0.05) is 22.8 Å². The molecule has 0 aliphatic rings. The number of rotatable bonds is 15. The van der Waals surface area contributed by atoms with Gasteiger partial charge in [0.15, 0.2) is 16.5 Å². The Balaban J connectivity index is 1.60. The molecule has 33 heavy (non-hydrogen) atoms. The van der Waals surface area contributed by atoms with Crippen molar-refractivity contribution in [3.63, 3.8) is 0 Å². The molecule has 3 aromatic rings.